The Bertz CT molecular complexity index is 539. The first-order chi connectivity index (χ1) is 11.8. The molecule has 130 valence electrons. The van der Waals surface area contributed by atoms with Crippen LogP contribution in [0.2, 0.25) is 0 Å². The van der Waals surface area contributed by atoms with E-state index in [1.54, 1.807) is 6.20 Å². The van der Waals surface area contributed by atoms with Gasteiger partial charge < -0.3 is 14.7 Å². The molecule has 1 saturated carbocycles. The molecule has 2 fully saturated rings. The lowest BCUT2D eigenvalue weighted by Gasteiger charge is -2.36. The summed E-state index contributed by atoms with van der Waals surface area (Å²) in [5.74, 6) is 1.65. The molecular weight excluding hydrogens is 302 g/mol. The molecule has 1 aromatic heterocycles. The van der Waals surface area contributed by atoms with Crippen LogP contribution in [0, 0.1) is 17.2 Å². The Labute approximate surface area is 144 Å². The zero-order valence-corrected chi connectivity index (χ0v) is 14.2. The summed E-state index contributed by atoms with van der Waals surface area (Å²) in [5, 5.41) is 17.9. The molecule has 0 atom stereocenters. The van der Waals surface area contributed by atoms with E-state index in [0.29, 0.717) is 30.3 Å². The van der Waals surface area contributed by atoms with E-state index in [0.717, 1.165) is 51.0 Å². The number of anilines is 1. The van der Waals surface area contributed by atoms with Gasteiger partial charge in [0.25, 0.3) is 0 Å². The molecule has 3 rings (SSSR count). The number of nitriles is 1. The van der Waals surface area contributed by atoms with E-state index in [4.69, 9.17) is 15.1 Å². The lowest BCUT2D eigenvalue weighted by molar-refractivity contribution is -0.0468. The second kappa shape index (κ2) is 8.46. The van der Waals surface area contributed by atoms with Crippen LogP contribution in [0.5, 0.6) is 0 Å². The van der Waals surface area contributed by atoms with Gasteiger partial charge >= 0.3 is 0 Å². The van der Waals surface area contributed by atoms with Crippen molar-refractivity contribution in [3.63, 3.8) is 0 Å². The number of pyridine rings is 1. The molecule has 0 bridgehead atoms. The summed E-state index contributed by atoms with van der Waals surface area (Å²) in [6, 6.07) is 5.87. The van der Waals surface area contributed by atoms with E-state index < -0.39 is 0 Å². The normalized spacial score (nSPS) is 25.4. The van der Waals surface area contributed by atoms with E-state index in [1.165, 1.54) is 12.8 Å². The average Bonchev–Trinajstić information content (AvgIpc) is 2.64. The molecule has 2 heterocycles. The highest BCUT2D eigenvalue weighted by Gasteiger charge is 2.26. The van der Waals surface area contributed by atoms with Gasteiger partial charge in [-0.1, -0.05) is 0 Å². The molecule has 1 aliphatic carbocycles. The summed E-state index contributed by atoms with van der Waals surface area (Å²) in [4.78, 5) is 6.66. The number of hydrogen-bond donors (Lipinski definition) is 1. The summed E-state index contributed by atoms with van der Waals surface area (Å²) in [7, 11) is 0. The number of piperidine rings is 1. The minimum atomic E-state index is 0.317. The molecule has 0 spiro atoms. The van der Waals surface area contributed by atoms with Crippen LogP contribution in [0.3, 0.4) is 0 Å². The highest BCUT2D eigenvalue weighted by molar-refractivity contribution is 5.42. The molecule has 0 amide bonds. The summed E-state index contributed by atoms with van der Waals surface area (Å²) in [6.07, 6.45) is 10.1. The van der Waals surface area contributed by atoms with Crippen molar-refractivity contribution in [3.8, 4) is 6.07 Å². The first-order valence-corrected chi connectivity index (χ1v) is 9.16. The van der Waals surface area contributed by atoms with E-state index in [9.17, 15) is 0 Å². The van der Waals surface area contributed by atoms with Gasteiger partial charge in [-0.05, 0) is 63.0 Å². The summed E-state index contributed by atoms with van der Waals surface area (Å²) < 4.78 is 6.33. The van der Waals surface area contributed by atoms with Gasteiger partial charge in [-0.3, -0.25) is 0 Å². The van der Waals surface area contributed by atoms with Gasteiger partial charge in [0.2, 0.25) is 0 Å². The Balaban J connectivity index is 1.41. The van der Waals surface area contributed by atoms with Crippen LogP contribution < -0.4 is 4.90 Å². The molecule has 1 aliphatic heterocycles. The first-order valence-electron chi connectivity index (χ1n) is 9.16. The minimum absolute atomic E-state index is 0.317. The molecule has 5 heteroatoms. The minimum Gasteiger partial charge on any atom is -0.396 e. The maximum atomic E-state index is 9.04. The zero-order chi connectivity index (χ0) is 16.8. The van der Waals surface area contributed by atoms with Gasteiger partial charge in [0.05, 0.1) is 17.8 Å². The lowest BCUT2D eigenvalue weighted by Crippen LogP contribution is -2.39. The Morgan fingerprint density at radius 1 is 1.12 bits per heavy atom. The largest absolute Gasteiger partial charge is 0.396 e. The Morgan fingerprint density at radius 2 is 1.83 bits per heavy atom. The quantitative estimate of drug-likeness (QED) is 0.899. The van der Waals surface area contributed by atoms with Crippen LogP contribution in [0.15, 0.2) is 18.3 Å². The van der Waals surface area contributed by atoms with E-state index in [-0.39, 0.29) is 0 Å². The predicted octanol–water partition coefficient (Wildman–Crippen LogP) is 2.88. The van der Waals surface area contributed by atoms with Crippen molar-refractivity contribution in [2.75, 3.05) is 24.6 Å². The zero-order valence-electron chi connectivity index (χ0n) is 14.2. The van der Waals surface area contributed by atoms with Gasteiger partial charge in [-0.15, -0.1) is 0 Å². The highest BCUT2D eigenvalue weighted by atomic mass is 16.5. The van der Waals surface area contributed by atoms with Gasteiger partial charge in [0.15, 0.2) is 0 Å². The van der Waals surface area contributed by atoms with Crippen molar-refractivity contribution >= 4 is 5.82 Å². The van der Waals surface area contributed by atoms with Gasteiger partial charge in [0.1, 0.15) is 11.9 Å². The third-order valence-electron chi connectivity index (χ3n) is 5.36. The number of ether oxygens (including phenoxy) is 1. The first kappa shape index (κ1) is 17.2. The van der Waals surface area contributed by atoms with E-state index in [1.807, 2.05) is 12.1 Å². The van der Waals surface area contributed by atoms with Crippen molar-refractivity contribution in [3.05, 3.63) is 23.9 Å². The van der Waals surface area contributed by atoms with Crippen LogP contribution in [-0.2, 0) is 4.74 Å². The summed E-state index contributed by atoms with van der Waals surface area (Å²) in [6.45, 7) is 2.24. The summed E-state index contributed by atoms with van der Waals surface area (Å²) in [5.41, 5.74) is 0.605. The van der Waals surface area contributed by atoms with Crippen LogP contribution in [0.25, 0.3) is 0 Å². The Hall–Kier alpha value is -1.64. The molecule has 1 saturated heterocycles. The van der Waals surface area contributed by atoms with Gasteiger partial charge in [0, 0.05) is 25.9 Å². The average molecular weight is 329 g/mol. The predicted molar refractivity (Wildman–Crippen MR) is 92.7 cm³/mol. The third-order valence-corrected chi connectivity index (χ3v) is 5.36. The number of aromatic nitrogens is 1. The van der Waals surface area contributed by atoms with Gasteiger partial charge in [-0.2, -0.15) is 5.26 Å². The third kappa shape index (κ3) is 4.46. The van der Waals surface area contributed by atoms with Crippen LogP contribution >= 0.6 is 0 Å². The SMILES string of the molecule is N#Cc1ccc(N2CCC(OC3CCC(CCO)CC3)CC2)nc1. The highest BCUT2D eigenvalue weighted by Crippen LogP contribution is 2.30. The fraction of sp³-hybridized carbons (Fsp3) is 0.684. The maximum Gasteiger partial charge on any atom is 0.128 e. The molecule has 2 aliphatic rings. The number of nitrogens with zero attached hydrogens (tertiary/aromatic N) is 3. The molecular formula is C19H27N3O2. The second-order valence-electron chi connectivity index (χ2n) is 6.99. The number of aliphatic hydroxyl groups excluding tert-OH is 1. The molecule has 24 heavy (non-hydrogen) atoms. The monoisotopic (exact) mass is 329 g/mol. The van der Waals surface area contributed by atoms with Crippen molar-refractivity contribution in [1.82, 2.24) is 4.98 Å². The van der Waals surface area contributed by atoms with Crippen molar-refractivity contribution in [2.45, 2.75) is 57.2 Å². The number of hydrogen-bond acceptors (Lipinski definition) is 5. The van der Waals surface area contributed by atoms with E-state index in [2.05, 4.69) is 16.0 Å². The van der Waals surface area contributed by atoms with Crippen molar-refractivity contribution in [2.24, 2.45) is 5.92 Å². The maximum absolute atomic E-state index is 9.04. The Morgan fingerprint density at radius 3 is 2.42 bits per heavy atom. The topological polar surface area (TPSA) is 69.4 Å². The van der Waals surface area contributed by atoms with Crippen LogP contribution in [0.1, 0.15) is 50.5 Å². The Kier molecular flexibility index (Phi) is 6.06. The van der Waals surface area contributed by atoms with Crippen LogP contribution in [0.4, 0.5) is 5.82 Å². The molecule has 0 unspecified atom stereocenters. The fourth-order valence-electron chi connectivity index (χ4n) is 3.87. The molecule has 1 N–H and O–H groups in total. The number of aliphatic hydroxyl groups is 1. The molecule has 0 radical (unpaired) electrons. The smallest absolute Gasteiger partial charge is 0.128 e. The molecule has 1 aromatic rings. The fourth-order valence-corrected chi connectivity index (χ4v) is 3.87. The molecule has 0 aromatic carbocycles. The standard InChI is InChI=1S/C19H27N3O2/c20-13-16-3-6-19(21-14-16)22-10-7-18(8-11-22)24-17-4-1-15(2-5-17)9-12-23/h3,6,14-15,17-18,23H,1-2,4-5,7-12H2. The van der Waals surface area contributed by atoms with Crippen molar-refractivity contribution < 1.29 is 9.84 Å². The lowest BCUT2D eigenvalue weighted by atomic mass is 9.85. The van der Waals surface area contributed by atoms with Crippen molar-refractivity contribution in [1.29, 1.82) is 5.26 Å². The van der Waals surface area contributed by atoms with E-state index >= 15 is 0 Å². The number of rotatable bonds is 5. The van der Waals surface area contributed by atoms with Crippen LogP contribution in [-0.4, -0.2) is 42.0 Å². The second-order valence-corrected chi connectivity index (χ2v) is 6.99. The molecule has 5 nitrogen and oxygen atoms in total. The van der Waals surface area contributed by atoms with Gasteiger partial charge in [-0.25, -0.2) is 4.98 Å². The summed E-state index contributed by atoms with van der Waals surface area (Å²) >= 11 is 0.